The highest BCUT2D eigenvalue weighted by Gasteiger charge is 2.12. The highest BCUT2D eigenvalue weighted by Crippen LogP contribution is 2.27. The van der Waals surface area contributed by atoms with Crippen molar-refractivity contribution in [3.63, 3.8) is 0 Å². The molecule has 2 aromatic carbocycles. The first-order chi connectivity index (χ1) is 10.0. The Hall–Kier alpha value is -1.53. The lowest BCUT2D eigenvalue weighted by Gasteiger charge is -2.11. The molecule has 21 heavy (non-hydrogen) atoms. The minimum absolute atomic E-state index is 0.124. The Balaban J connectivity index is 2.06. The fourth-order valence-electron chi connectivity index (χ4n) is 1.91. The Morgan fingerprint density at radius 2 is 1.90 bits per heavy atom. The number of benzene rings is 2. The van der Waals surface area contributed by atoms with Gasteiger partial charge in [0, 0.05) is 12.1 Å². The number of nitrogens with two attached hydrogens (primary N) is 1. The predicted molar refractivity (Wildman–Crippen MR) is 88.6 cm³/mol. The van der Waals surface area contributed by atoms with Gasteiger partial charge in [-0.2, -0.15) is 0 Å². The molecule has 0 aliphatic carbocycles. The molecule has 0 atom stereocenters. The molecular weight excluding hydrogens is 358 g/mol. The van der Waals surface area contributed by atoms with Gasteiger partial charge in [0.25, 0.3) is 0 Å². The van der Waals surface area contributed by atoms with Gasteiger partial charge in [0.1, 0.15) is 10.8 Å². The molecule has 0 spiro atoms. The van der Waals surface area contributed by atoms with Crippen molar-refractivity contribution >= 4 is 38.8 Å². The summed E-state index contributed by atoms with van der Waals surface area (Å²) in [6, 6.07) is 9.73. The molecule has 0 heterocycles. The number of thiocarbonyl (C=S) groups is 1. The summed E-state index contributed by atoms with van der Waals surface area (Å²) in [5, 5.41) is 2.94. The van der Waals surface area contributed by atoms with Crippen molar-refractivity contribution in [2.75, 3.05) is 11.9 Å². The van der Waals surface area contributed by atoms with E-state index in [1.165, 1.54) is 6.07 Å². The molecule has 0 unspecified atom stereocenters. The fraction of sp³-hybridized carbons (Fsp3) is 0.133. The van der Waals surface area contributed by atoms with Gasteiger partial charge in [-0.1, -0.05) is 30.4 Å². The Morgan fingerprint density at radius 3 is 2.57 bits per heavy atom. The van der Waals surface area contributed by atoms with Gasteiger partial charge >= 0.3 is 0 Å². The minimum Gasteiger partial charge on any atom is -0.389 e. The van der Waals surface area contributed by atoms with Crippen LogP contribution in [0.1, 0.15) is 11.1 Å². The Bertz CT molecular complexity index is 677. The van der Waals surface area contributed by atoms with Crippen molar-refractivity contribution in [2.45, 2.75) is 6.42 Å². The third-order valence-electron chi connectivity index (χ3n) is 3.02. The van der Waals surface area contributed by atoms with E-state index in [-0.39, 0.29) is 15.3 Å². The van der Waals surface area contributed by atoms with Crippen LogP contribution in [-0.2, 0) is 6.42 Å². The van der Waals surface area contributed by atoms with Gasteiger partial charge in [-0.05, 0) is 46.1 Å². The molecular formula is C15H13BrF2N2S. The standard InChI is InChI=1S/C15H13BrF2N2S/c16-13-10(15(19)21)5-6-12(14(13)18)20-8-7-9-3-1-2-4-11(9)17/h1-6,20H,7-8H2,(H2,19,21). The van der Waals surface area contributed by atoms with Crippen LogP contribution >= 0.6 is 28.1 Å². The maximum Gasteiger partial charge on any atom is 0.161 e. The highest BCUT2D eigenvalue weighted by molar-refractivity contribution is 9.10. The van der Waals surface area contributed by atoms with E-state index in [2.05, 4.69) is 21.2 Å². The SMILES string of the molecule is NC(=S)c1ccc(NCCc2ccccc2F)c(F)c1Br. The first-order valence-electron chi connectivity index (χ1n) is 6.25. The summed E-state index contributed by atoms with van der Waals surface area (Å²) in [5.41, 5.74) is 6.85. The second-order valence-corrected chi connectivity index (χ2v) is 5.65. The van der Waals surface area contributed by atoms with Crippen LogP contribution in [0.5, 0.6) is 0 Å². The number of rotatable bonds is 5. The summed E-state index contributed by atoms with van der Waals surface area (Å²) in [6.45, 7) is 0.413. The smallest absolute Gasteiger partial charge is 0.161 e. The molecule has 0 aliphatic heterocycles. The summed E-state index contributed by atoms with van der Waals surface area (Å²) in [5.74, 6) is -0.724. The second kappa shape index (κ2) is 6.95. The first kappa shape index (κ1) is 15.9. The average Bonchev–Trinajstić information content (AvgIpc) is 2.45. The van der Waals surface area contributed by atoms with Crippen LogP contribution in [0.2, 0.25) is 0 Å². The van der Waals surface area contributed by atoms with E-state index in [0.29, 0.717) is 29.8 Å². The van der Waals surface area contributed by atoms with Gasteiger partial charge in [-0.15, -0.1) is 0 Å². The molecule has 0 aromatic heterocycles. The molecule has 0 amide bonds. The zero-order valence-electron chi connectivity index (χ0n) is 11.0. The van der Waals surface area contributed by atoms with Crippen molar-refractivity contribution in [3.8, 4) is 0 Å². The van der Waals surface area contributed by atoms with Crippen LogP contribution in [0.3, 0.4) is 0 Å². The van der Waals surface area contributed by atoms with Crippen LogP contribution in [0.4, 0.5) is 14.5 Å². The van der Waals surface area contributed by atoms with Crippen LogP contribution < -0.4 is 11.1 Å². The van der Waals surface area contributed by atoms with Gasteiger partial charge in [-0.3, -0.25) is 0 Å². The molecule has 0 aliphatic rings. The molecule has 0 radical (unpaired) electrons. The van der Waals surface area contributed by atoms with Gasteiger partial charge < -0.3 is 11.1 Å². The lowest BCUT2D eigenvalue weighted by Crippen LogP contribution is -2.13. The Labute approximate surface area is 135 Å². The predicted octanol–water partition coefficient (Wildman–Crippen LogP) is 4.02. The highest BCUT2D eigenvalue weighted by atomic mass is 79.9. The van der Waals surface area contributed by atoms with E-state index >= 15 is 0 Å². The maximum atomic E-state index is 14.1. The summed E-state index contributed by atoms with van der Waals surface area (Å²) < 4.78 is 27.8. The number of anilines is 1. The van der Waals surface area contributed by atoms with Crippen molar-refractivity contribution in [3.05, 3.63) is 63.6 Å². The average molecular weight is 371 g/mol. The molecule has 6 heteroatoms. The van der Waals surface area contributed by atoms with Crippen LogP contribution in [0.15, 0.2) is 40.9 Å². The summed E-state index contributed by atoms with van der Waals surface area (Å²) in [6.07, 6.45) is 0.459. The molecule has 2 nitrogen and oxygen atoms in total. The quantitative estimate of drug-likeness (QED) is 0.780. The number of halogens is 3. The van der Waals surface area contributed by atoms with Gasteiger partial charge in [0.05, 0.1) is 10.2 Å². The molecule has 2 rings (SSSR count). The molecule has 2 aromatic rings. The maximum absolute atomic E-state index is 14.1. The van der Waals surface area contributed by atoms with E-state index < -0.39 is 5.82 Å². The summed E-state index contributed by atoms with van der Waals surface area (Å²) >= 11 is 7.97. The Kier molecular flexibility index (Phi) is 5.25. The molecule has 0 saturated heterocycles. The van der Waals surface area contributed by atoms with E-state index in [1.807, 2.05) is 0 Å². The lowest BCUT2D eigenvalue weighted by molar-refractivity contribution is 0.609. The van der Waals surface area contributed by atoms with Gasteiger partial charge in [0.2, 0.25) is 0 Å². The van der Waals surface area contributed by atoms with Gasteiger partial charge in [-0.25, -0.2) is 8.78 Å². The van der Waals surface area contributed by atoms with E-state index in [4.69, 9.17) is 18.0 Å². The largest absolute Gasteiger partial charge is 0.389 e. The monoisotopic (exact) mass is 370 g/mol. The first-order valence-corrected chi connectivity index (χ1v) is 7.46. The van der Waals surface area contributed by atoms with Crippen molar-refractivity contribution < 1.29 is 8.78 Å². The summed E-state index contributed by atoms with van der Waals surface area (Å²) in [7, 11) is 0. The van der Waals surface area contributed by atoms with Crippen molar-refractivity contribution in [1.29, 1.82) is 0 Å². The van der Waals surface area contributed by atoms with E-state index in [1.54, 1.807) is 30.3 Å². The van der Waals surface area contributed by atoms with Crippen LogP contribution in [0, 0.1) is 11.6 Å². The van der Waals surface area contributed by atoms with Crippen LogP contribution in [-0.4, -0.2) is 11.5 Å². The zero-order chi connectivity index (χ0) is 15.4. The third-order valence-corrected chi connectivity index (χ3v) is 4.01. The molecule has 0 fully saturated rings. The number of nitrogens with one attached hydrogen (secondary N) is 1. The van der Waals surface area contributed by atoms with Crippen molar-refractivity contribution in [2.24, 2.45) is 5.73 Å². The third kappa shape index (κ3) is 3.77. The topological polar surface area (TPSA) is 38.0 Å². The minimum atomic E-state index is -0.464. The molecule has 3 N–H and O–H groups in total. The fourth-order valence-corrected chi connectivity index (χ4v) is 2.77. The summed E-state index contributed by atoms with van der Waals surface area (Å²) in [4.78, 5) is 0.124. The zero-order valence-corrected chi connectivity index (χ0v) is 13.4. The second-order valence-electron chi connectivity index (χ2n) is 4.42. The normalized spacial score (nSPS) is 10.4. The molecule has 0 saturated carbocycles. The van der Waals surface area contributed by atoms with Crippen molar-refractivity contribution in [1.82, 2.24) is 0 Å². The number of hydrogen-bond donors (Lipinski definition) is 2. The molecule has 0 bridgehead atoms. The molecule has 110 valence electrons. The van der Waals surface area contributed by atoms with E-state index in [0.717, 1.165) is 0 Å². The number of hydrogen-bond acceptors (Lipinski definition) is 2. The van der Waals surface area contributed by atoms with Crippen LogP contribution in [0.25, 0.3) is 0 Å². The van der Waals surface area contributed by atoms with Gasteiger partial charge in [0.15, 0.2) is 5.82 Å². The Morgan fingerprint density at radius 1 is 1.19 bits per heavy atom. The van der Waals surface area contributed by atoms with E-state index in [9.17, 15) is 8.78 Å². The lowest BCUT2D eigenvalue weighted by atomic mass is 10.1.